The molecule has 0 atom stereocenters. The van der Waals surface area contributed by atoms with Gasteiger partial charge in [-0.2, -0.15) is 0 Å². The number of carbonyl (C=O) groups excluding carboxylic acids is 1. The first-order valence-corrected chi connectivity index (χ1v) is 9.29. The molecular weight excluding hydrogens is 332 g/mol. The number of likely N-dealkylation sites (N-methyl/N-ethyl adjacent to an activating group) is 1. The van der Waals surface area contributed by atoms with Gasteiger partial charge in [0, 0.05) is 33.3 Å². The zero-order chi connectivity index (χ0) is 19.0. The first-order valence-electron chi connectivity index (χ1n) is 9.29. The van der Waals surface area contributed by atoms with E-state index in [0.717, 1.165) is 43.9 Å². The van der Waals surface area contributed by atoms with Crippen molar-refractivity contribution >= 4 is 6.09 Å². The maximum absolute atomic E-state index is 12.0. The van der Waals surface area contributed by atoms with Crippen LogP contribution in [-0.4, -0.2) is 68.1 Å². The Morgan fingerprint density at radius 2 is 2.15 bits per heavy atom. The number of hydrogen-bond acceptors (Lipinski definition) is 5. The second-order valence-corrected chi connectivity index (χ2v) is 7.66. The Kier molecular flexibility index (Phi) is 7.72. The monoisotopic (exact) mass is 364 g/mol. The summed E-state index contributed by atoms with van der Waals surface area (Å²) in [6, 6.07) is 8.04. The maximum atomic E-state index is 12.0. The molecule has 0 saturated carbocycles. The highest BCUT2D eigenvalue weighted by molar-refractivity contribution is 5.67. The molecule has 146 valence electrons. The summed E-state index contributed by atoms with van der Waals surface area (Å²) in [5.74, 6) is 0.861. The lowest BCUT2D eigenvalue weighted by molar-refractivity contribution is -0.0181. The number of amides is 1. The zero-order valence-corrected chi connectivity index (χ0v) is 16.5. The highest BCUT2D eigenvalue weighted by Crippen LogP contribution is 2.15. The summed E-state index contributed by atoms with van der Waals surface area (Å²) in [6.45, 7) is 10.3. The SMILES string of the molecule is CN(CCc1cccc(OCCN2CCCOC2)c1)C(=O)OC(C)(C)C. The van der Waals surface area contributed by atoms with Crippen LogP contribution in [0.5, 0.6) is 5.75 Å². The van der Waals surface area contributed by atoms with Gasteiger partial charge in [0.1, 0.15) is 18.0 Å². The van der Waals surface area contributed by atoms with Crippen LogP contribution in [0.25, 0.3) is 0 Å². The van der Waals surface area contributed by atoms with Crippen molar-refractivity contribution in [3.8, 4) is 5.75 Å². The quantitative estimate of drug-likeness (QED) is 0.744. The molecule has 6 heteroatoms. The number of rotatable bonds is 7. The van der Waals surface area contributed by atoms with Crippen molar-refractivity contribution in [3.63, 3.8) is 0 Å². The molecule has 26 heavy (non-hydrogen) atoms. The molecule has 1 aliphatic rings. The van der Waals surface area contributed by atoms with Gasteiger partial charge in [0.05, 0.1) is 6.73 Å². The van der Waals surface area contributed by atoms with Gasteiger partial charge in [-0.25, -0.2) is 4.79 Å². The number of nitrogens with zero attached hydrogens (tertiary/aromatic N) is 2. The van der Waals surface area contributed by atoms with E-state index >= 15 is 0 Å². The molecule has 0 unspecified atom stereocenters. The Labute approximate surface area is 157 Å². The lowest BCUT2D eigenvalue weighted by Crippen LogP contribution is -2.36. The van der Waals surface area contributed by atoms with Crippen LogP contribution < -0.4 is 4.74 Å². The summed E-state index contributed by atoms with van der Waals surface area (Å²) in [5.41, 5.74) is 0.664. The van der Waals surface area contributed by atoms with E-state index < -0.39 is 5.60 Å². The third-order valence-corrected chi connectivity index (χ3v) is 4.05. The molecule has 1 aromatic carbocycles. The van der Waals surface area contributed by atoms with Crippen LogP contribution in [0.3, 0.4) is 0 Å². The number of carbonyl (C=O) groups is 1. The number of ether oxygens (including phenoxy) is 3. The predicted octanol–water partition coefficient (Wildman–Crippen LogP) is 3.15. The Bertz CT molecular complexity index is 565. The molecule has 1 aromatic rings. The van der Waals surface area contributed by atoms with Crippen molar-refractivity contribution in [3.05, 3.63) is 29.8 Å². The van der Waals surface area contributed by atoms with Gasteiger partial charge >= 0.3 is 6.09 Å². The first kappa shape index (κ1) is 20.5. The van der Waals surface area contributed by atoms with Crippen molar-refractivity contribution in [2.45, 2.75) is 39.2 Å². The highest BCUT2D eigenvalue weighted by atomic mass is 16.6. The van der Waals surface area contributed by atoms with Gasteiger partial charge < -0.3 is 19.1 Å². The van der Waals surface area contributed by atoms with Crippen molar-refractivity contribution in [1.29, 1.82) is 0 Å². The standard InChI is InChI=1S/C20H32N2O4/c1-20(2,3)26-19(23)21(4)11-9-17-7-5-8-18(15-17)25-14-12-22-10-6-13-24-16-22/h5,7-8,15H,6,9-14,16H2,1-4H3. The third-order valence-electron chi connectivity index (χ3n) is 4.05. The van der Waals surface area contributed by atoms with Gasteiger partial charge in [-0.1, -0.05) is 12.1 Å². The topological polar surface area (TPSA) is 51.2 Å². The number of benzene rings is 1. The average Bonchev–Trinajstić information content (AvgIpc) is 2.59. The minimum absolute atomic E-state index is 0.298. The van der Waals surface area contributed by atoms with Gasteiger partial charge in [0.25, 0.3) is 0 Å². The predicted molar refractivity (Wildman–Crippen MR) is 102 cm³/mol. The largest absolute Gasteiger partial charge is 0.492 e. The molecule has 0 bridgehead atoms. The van der Waals surface area contributed by atoms with Crippen LogP contribution in [0.15, 0.2) is 24.3 Å². The van der Waals surface area contributed by atoms with Crippen molar-refractivity contribution in [2.24, 2.45) is 0 Å². The molecule has 0 N–H and O–H groups in total. The smallest absolute Gasteiger partial charge is 0.410 e. The van der Waals surface area contributed by atoms with Gasteiger partial charge in [-0.15, -0.1) is 0 Å². The molecule has 0 aliphatic carbocycles. The maximum Gasteiger partial charge on any atom is 0.410 e. The summed E-state index contributed by atoms with van der Waals surface area (Å²) >= 11 is 0. The Balaban J connectivity index is 1.74. The average molecular weight is 364 g/mol. The fourth-order valence-electron chi connectivity index (χ4n) is 2.64. The van der Waals surface area contributed by atoms with E-state index in [-0.39, 0.29) is 6.09 Å². The number of hydrogen-bond donors (Lipinski definition) is 0. The molecule has 2 rings (SSSR count). The van der Waals surface area contributed by atoms with Crippen LogP contribution in [-0.2, 0) is 15.9 Å². The molecule has 1 fully saturated rings. The lowest BCUT2D eigenvalue weighted by atomic mass is 10.1. The molecule has 6 nitrogen and oxygen atoms in total. The van der Waals surface area contributed by atoms with Crippen LogP contribution >= 0.6 is 0 Å². The third kappa shape index (κ3) is 7.62. The molecule has 0 aromatic heterocycles. The van der Waals surface area contributed by atoms with Crippen molar-refractivity contribution in [1.82, 2.24) is 9.80 Å². The van der Waals surface area contributed by atoms with Gasteiger partial charge in [0.15, 0.2) is 0 Å². The van der Waals surface area contributed by atoms with E-state index in [1.165, 1.54) is 0 Å². The van der Waals surface area contributed by atoms with E-state index in [9.17, 15) is 4.79 Å². The minimum atomic E-state index is -0.474. The van der Waals surface area contributed by atoms with Crippen molar-refractivity contribution in [2.75, 3.05) is 46.6 Å². The fourth-order valence-corrected chi connectivity index (χ4v) is 2.64. The Morgan fingerprint density at radius 3 is 2.85 bits per heavy atom. The van der Waals surface area contributed by atoms with E-state index in [2.05, 4.69) is 4.90 Å². The van der Waals surface area contributed by atoms with Gasteiger partial charge in [-0.05, 0) is 51.3 Å². The molecule has 0 radical (unpaired) electrons. The molecule has 1 aliphatic heterocycles. The fraction of sp³-hybridized carbons (Fsp3) is 0.650. The zero-order valence-electron chi connectivity index (χ0n) is 16.5. The van der Waals surface area contributed by atoms with E-state index in [1.807, 2.05) is 45.0 Å². The Morgan fingerprint density at radius 1 is 1.35 bits per heavy atom. The molecule has 0 spiro atoms. The summed E-state index contributed by atoms with van der Waals surface area (Å²) in [4.78, 5) is 15.9. The van der Waals surface area contributed by atoms with E-state index in [0.29, 0.717) is 19.9 Å². The molecular formula is C20H32N2O4. The summed E-state index contributed by atoms with van der Waals surface area (Å²) in [7, 11) is 1.76. The van der Waals surface area contributed by atoms with Crippen LogP contribution in [0.4, 0.5) is 4.79 Å². The van der Waals surface area contributed by atoms with E-state index in [1.54, 1.807) is 11.9 Å². The van der Waals surface area contributed by atoms with E-state index in [4.69, 9.17) is 14.2 Å². The lowest BCUT2D eigenvalue weighted by Gasteiger charge is -2.26. The van der Waals surface area contributed by atoms with Crippen LogP contribution in [0, 0.1) is 0 Å². The molecule has 1 saturated heterocycles. The second-order valence-electron chi connectivity index (χ2n) is 7.66. The van der Waals surface area contributed by atoms with Crippen LogP contribution in [0.2, 0.25) is 0 Å². The highest BCUT2D eigenvalue weighted by Gasteiger charge is 2.19. The first-order chi connectivity index (χ1) is 12.3. The summed E-state index contributed by atoms with van der Waals surface area (Å²) in [5, 5.41) is 0. The summed E-state index contributed by atoms with van der Waals surface area (Å²) < 4.78 is 16.7. The van der Waals surface area contributed by atoms with Gasteiger partial charge in [0.2, 0.25) is 0 Å². The van der Waals surface area contributed by atoms with Crippen molar-refractivity contribution < 1.29 is 19.0 Å². The van der Waals surface area contributed by atoms with Gasteiger partial charge in [-0.3, -0.25) is 4.90 Å². The normalized spacial score (nSPS) is 15.5. The molecule has 1 heterocycles. The summed E-state index contributed by atoms with van der Waals surface area (Å²) in [6.07, 6.45) is 1.54. The second kappa shape index (κ2) is 9.78. The molecule has 1 amide bonds. The van der Waals surface area contributed by atoms with Crippen LogP contribution in [0.1, 0.15) is 32.8 Å². The Hall–Kier alpha value is -1.79. The minimum Gasteiger partial charge on any atom is -0.492 e.